The Bertz CT molecular complexity index is 1530. The van der Waals surface area contributed by atoms with E-state index in [4.69, 9.17) is 4.74 Å². The second-order valence-electron chi connectivity index (χ2n) is 8.65. The number of thioether (sulfide) groups is 1. The number of hydrogen-bond donors (Lipinski definition) is 1. The number of anilines is 2. The molecule has 0 aliphatic heterocycles. The number of aromatic nitrogens is 2. The first-order valence-electron chi connectivity index (χ1n) is 11.8. The molecule has 0 fully saturated rings. The smallest absolute Gasteiger partial charge is 0.348 e. The van der Waals surface area contributed by atoms with E-state index in [0.717, 1.165) is 28.8 Å². The summed E-state index contributed by atoms with van der Waals surface area (Å²) >= 11 is 2.21. The number of nitrogens with one attached hydrogen (secondary N) is 1. The minimum atomic E-state index is -0.508. The summed E-state index contributed by atoms with van der Waals surface area (Å²) in [5.41, 5.74) is 2.52. The van der Waals surface area contributed by atoms with Crippen LogP contribution in [0.25, 0.3) is 10.2 Å². The summed E-state index contributed by atoms with van der Waals surface area (Å²) in [7, 11) is 3.87. The predicted octanol–water partition coefficient (Wildman–Crippen LogP) is 4.93. The van der Waals surface area contributed by atoms with E-state index in [1.54, 1.807) is 26.0 Å². The topological polar surface area (TPSA) is 93.5 Å². The molecule has 2 heterocycles. The number of benzene rings is 2. The van der Waals surface area contributed by atoms with Gasteiger partial charge in [0.15, 0.2) is 5.16 Å². The highest BCUT2D eigenvalue weighted by molar-refractivity contribution is 7.99. The van der Waals surface area contributed by atoms with Crippen molar-refractivity contribution in [2.75, 3.05) is 36.7 Å². The molecule has 4 rings (SSSR count). The number of thiophene rings is 1. The molecule has 0 bridgehead atoms. The van der Waals surface area contributed by atoms with E-state index in [-0.39, 0.29) is 36.2 Å². The summed E-state index contributed by atoms with van der Waals surface area (Å²) in [4.78, 5) is 46.1. The van der Waals surface area contributed by atoms with E-state index in [0.29, 0.717) is 37.1 Å². The van der Waals surface area contributed by atoms with Gasteiger partial charge in [-0.15, -0.1) is 11.3 Å². The molecule has 2 aromatic carbocycles. The van der Waals surface area contributed by atoms with Crippen LogP contribution in [0.5, 0.6) is 0 Å². The maximum absolute atomic E-state index is 13.6. The molecule has 0 saturated heterocycles. The molecule has 2 aromatic heterocycles. The number of amides is 1. The Balaban J connectivity index is 1.65. The zero-order valence-electron chi connectivity index (χ0n) is 21.4. The molecule has 4 aromatic rings. The quantitative estimate of drug-likeness (QED) is 0.178. The molecule has 198 valence electrons. The van der Waals surface area contributed by atoms with Crippen LogP contribution in [-0.4, -0.2) is 47.9 Å². The lowest BCUT2D eigenvalue weighted by Gasteiger charge is -2.14. The average molecular weight is 555 g/mol. The molecular formula is C27H27FN4O4S2. The van der Waals surface area contributed by atoms with Crippen LogP contribution in [0, 0.1) is 12.7 Å². The van der Waals surface area contributed by atoms with Gasteiger partial charge in [0.2, 0.25) is 5.91 Å². The number of carbonyl (C=O) groups excluding carboxylic acids is 2. The molecule has 0 aliphatic carbocycles. The number of rotatable bonds is 9. The van der Waals surface area contributed by atoms with Crippen molar-refractivity contribution >= 4 is 56.6 Å². The summed E-state index contributed by atoms with van der Waals surface area (Å²) in [6.45, 7) is 3.74. The zero-order valence-corrected chi connectivity index (χ0v) is 23.0. The van der Waals surface area contributed by atoms with Gasteiger partial charge in [0.05, 0.1) is 24.3 Å². The molecule has 1 N–H and O–H groups in total. The Kier molecular flexibility index (Phi) is 8.48. The van der Waals surface area contributed by atoms with Crippen LogP contribution in [-0.2, 0) is 16.1 Å². The molecule has 0 spiro atoms. The molecule has 0 aliphatic rings. The number of nitrogens with zero attached hydrogens (tertiary/aromatic N) is 3. The van der Waals surface area contributed by atoms with E-state index in [9.17, 15) is 18.8 Å². The molecule has 0 atom stereocenters. The Morgan fingerprint density at radius 3 is 2.45 bits per heavy atom. The van der Waals surface area contributed by atoms with E-state index in [1.165, 1.54) is 16.7 Å². The maximum atomic E-state index is 13.6. The van der Waals surface area contributed by atoms with Crippen LogP contribution in [0.3, 0.4) is 0 Å². The van der Waals surface area contributed by atoms with Crippen molar-refractivity contribution < 1.29 is 18.7 Å². The van der Waals surface area contributed by atoms with Crippen LogP contribution >= 0.6 is 23.1 Å². The van der Waals surface area contributed by atoms with Gasteiger partial charge >= 0.3 is 5.97 Å². The second-order valence-corrected chi connectivity index (χ2v) is 10.6. The van der Waals surface area contributed by atoms with E-state index in [2.05, 4.69) is 10.3 Å². The fourth-order valence-electron chi connectivity index (χ4n) is 3.78. The molecule has 0 radical (unpaired) electrons. The predicted molar refractivity (Wildman–Crippen MR) is 150 cm³/mol. The Hall–Kier alpha value is -3.70. The molecule has 1 amide bonds. The Morgan fingerprint density at radius 2 is 1.82 bits per heavy atom. The first-order chi connectivity index (χ1) is 18.2. The van der Waals surface area contributed by atoms with Gasteiger partial charge in [-0.2, -0.15) is 0 Å². The molecule has 0 saturated carbocycles. The van der Waals surface area contributed by atoms with E-state index < -0.39 is 5.97 Å². The van der Waals surface area contributed by atoms with Crippen LogP contribution in [0.4, 0.5) is 15.8 Å². The third-order valence-electron chi connectivity index (χ3n) is 5.73. The van der Waals surface area contributed by atoms with Crippen molar-refractivity contribution in [3.05, 3.63) is 80.7 Å². The monoisotopic (exact) mass is 554 g/mol. The fourth-order valence-corrected chi connectivity index (χ4v) is 5.70. The molecule has 38 heavy (non-hydrogen) atoms. The number of hydrogen-bond acceptors (Lipinski definition) is 8. The number of aryl methyl sites for hydroxylation is 1. The van der Waals surface area contributed by atoms with Gasteiger partial charge in [-0.3, -0.25) is 14.2 Å². The summed E-state index contributed by atoms with van der Waals surface area (Å²) in [5.74, 6) is -1.14. The van der Waals surface area contributed by atoms with Gasteiger partial charge in [-0.1, -0.05) is 23.9 Å². The number of halogens is 1. The number of ether oxygens (including phenoxy) is 1. The lowest BCUT2D eigenvalue weighted by atomic mass is 10.2. The summed E-state index contributed by atoms with van der Waals surface area (Å²) in [5, 5.41) is 3.50. The van der Waals surface area contributed by atoms with E-state index >= 15 is 0 Å². The van der Waals surface area contributed by atoms with Gasteiger partial charge in [0.1, 0.15) is 15.5 Å². The number of esters is 1. The van der Waals surface area contributed by atoms with Gasteiger partial charge in [-0.25, -0.2) is 14.2 Å². The van der Waals surface area contributed by atoms with Crippen LogP contribution in [0.15, 0.2) is 58.5 Å². The van der Waals surface area contributed by atoms with Crippen molar-refractivity contribution in [3.63, 3.8) is 0 Å². The summed E-state index contributed by atoms with van der Waals surface area (Å²) in [6, 6.07) is 13.3. The standard InChI is InChI=1S/C27H27FN4O4S2/c1-5-36-26(35)23-16(2)22-24(38-23)30-27(32(25(22)34)14-17-6-8-18(28)9-7-17)37-15-21(33)29-19-10-12-20(13-11-19)31(3)4/h6-13H,5,14-15H2,1-4H3,(H,29,33). The molecule has 0 unspecified atom stereocenters. The normalized spacial score (nSPS) is 11.0. The third-order valence-corrected chi connectivity index (χ3v) is 7.87. The summed E-state index contributed by atoms with van der Waals surface area (Å²) < 4.78 is 20.1. The average Bonchev–Trinajstić information content (AvgIpc) is 3.22. The van der Waals surface area contributed by atoms with Crippen molar-refractivity contribution in [1.82, 2.24) is 9.55 Å². The third kappa shape index (κ3) is 6.05. The highest BCUT2D eigenvalue weighted by atomic mass is 32.2. The summed E-state index contributed by atoms with van der Waals surface area (Å²) in [6.07, 6.45) is 0. The minimum Gasteiger partial charge on any atom is -0.462 e. The Morgan fingerprint density at radius 1 is 1.13 bits per heavy atom. The van der Waals surface area contributed by atoms with Crippen molar-refractivity contribution in [2.24, 2.45) is 0 Å². The van der Waals surface area contributed by atoms with Crippen molar-refractivity contribution in [3.8, 4) is 0 Å². The largest absolute Gasteiger partial charge is 0.462 e. The fraction of sp³-hybridized carbons (Fsp3) is 0.259. The zero-order chi connectivity index (χ0) is 27.4. The Labute approximate surface area is 227 Å². The van der Waals surface area contributed by atoms with Crippen molar-refractivity contribution in [1.29, 1.82) is 0 Å². The lowest BCUT2D eigenvalue weighted by Crippen LogP contribution is -2.25. The highest BCUT2D eigenvalue weighted by Gasteiger charge is 2.23. The van der Waals surface area contributed by atoms with Gasteiger partial charge in [0, 0.05) is 25.5 Å². The van der Waals surface area contributed by atoms with Gasteiger partial charge in [-0.05, 0) is 61.4 Å². The van der Waals surface area contributed by atoms with Crippen LogP contribution in [0.2, 0.25) is 0 Å². The number of carbonyl (C=O) groups is 2. The van der Waals surface area contributed by atoms with Crippen LogP contribution in [0.1, 0.15) is 27.7 Å². The molecule has 11 heteroatoms. The lowest BCUT2D eigenvalue weighted by molar-refractivity contribution is -0.113. The maximum Gasteiger partial charge on any atom is 0.348 e. The first-order valence-corrected chi connectivity index (χ1v) is 13.6. The first kappa shape index (κ1) is 27.3. The van der Waals surface area contributed by atoms with Gasteiger partial charge < -0.3 is 15.0 Å². The molecule has 8 nitrogen and oxygen atoms in total. The minimum absolute atomic E-state index is 0.00584. The number of fused-ring (bicyclic) bond motifs is 1. The SMILES string of the molecule is CCOC(=O)c1sc2nc(SCC(=O)Nc3ccc(N(C)C)cc3)n(Cc3ccc(F)cc3)c(=O)c2c1C. The van der Waals surface area contributed by atoms with Crippen molar-refractivity contribution in [2.45, 2.75) is 25.5 Å². The highest BCUT2D eigenvalue weighted by Crippen LogP contribution is 2.30. The second kappa shape index (κ2) is 11.8. The van der Waals surface area contributed by atoms with Gasteiger partial charge in [0.25, 0.3) is 5.56 Å². The molecular weight excluding hydrogens is 527 g/mol. The van der Waals surface area contributed by atoms with Crippen LogP contribution < -0.4 is 15.8 Å². The van der Waals surface area contributed by atoms with E-state index in [1.807, 2.05) is 43.3 Å².